The van der Waals surface area contributed by atoms with Gasteiger partial charge in [-0.1, -0.05) is 26.7 Å². The van der Waals surface area contributed by atoms with E-state index in [2.05, 4.69) is 19.2 Å². The van der Waals surface area contributed by atoms with Gasteiger partial charge in [-0.3, -0.25) is 4.79 Å². The predicted molar refractivity (Wildman–Crippen MR) is 96.3 cm³/mol. The fourth-order valence-corrected chi connectivity index (χ4v) is 3.15. The van der Waals surface area contributed by atoms with Crippen LogP contribution in [0.5, 0.6) is 5.75 Å². The van der Waals surface area contributed by atoms with Crippen LogP contribution in [0.3, 0.4) is 0 Å². The van der Waals surface area contributed by atoms with Gasteiger partial charge in [0.1, 0.15) is 5.75 Å². The summed E-state index contributed by atoms with van der Waals surface area (Å²) in [6.45, 7) is 5.60. The van der Waals surface area contributed by atoms with Gasteiger partial charge in [0.15, 0.2) is 12.7 Å². The lowest BCUT2D eigenvalue weighted by atomic mass is 9.78. The molecule has 1 fully saturated rings. The minimum absolute atomic E-state index is 0.136. The van der Waals surface area contributed by atoms with Crippen molar-refractivity contribution in [1.82, 2.24) is 5.32 Å². The Balaban J connectivity index is 1.76. The summed E-state index contributed by atoms with van der Waals surface area (Å²) >= 11 is 0. The van der Waals surface area contributed by atoms with E-state index >= 15 is 0 Å². The zero-order valence-corrected chi connectivity index (χ0v) is 15.5. The van der Waals surface area contributed by atoms with Crippen molar-refractivity contribution in [1.29, 1.82) is 5.26 Å². The lowest BCUT2D eigenvalue weighted by molar-refractivity contribution is -0.155. The summed E-state index contributed by atoms with van der Waals surface area (Å²) < 4.78 is 10.5. The van der Waals surface area contributed by atoms with Crippen LogP contribution in [-0.2, 0) is 14.3 Å². The largest absolute Gasteiger partial charge is 0.479 e. The third-order valence-electron chi connectivity index (χ3n) is 5.03. The highest BCUT2D eigenvalue weighted by Crippen LogP contribution is 2.29. The molecule has 0 unspecified atom stereocenters. The number of ether oxygens (including phenoxy) is 2. The maximum absolute atomic E-state index is 12.1. The molecule has 4 atom stereocenters. The minimum atomic E-state index is -0.843. The van der Waals surface area contributed by atoms with Crippen molar-refractivity contribution < 1.29 is 19.1 Å². The summed E-state index contributed by atoms with van der Waals surface area (Å²) in [7, 11) is 0. The monoisotopic (exact) mass is 358 g/mol. The summed E-state index contributed by atoms with van der Waals surface area (Å²) in [4.78, 5) is 24.1. The van der Waals surface area contributed by atoms with Crippen molar-refractivity contribution in [2.45, 2.75) is 52.2 Å². The summed E-state index contributed by atoms with van der Waals surface area (Å²) in [6, 6.07) is 8.58. The normalized spacial score (nSPS) is 23.4. The van der Waals surface area contributed by atoms with Gasteiger partial charge in [-0.05, 0) is 49.4 Å². The minimum Gasteiger partial charge on any atom is -0.479 e. The molecule has 6 heteroatoms. The molecule has 1 aromatic rings. The Morgan fingerprint density at radius 3 is 2.62 bits per heavy atom. The zero-order valence-electron chi connectivity index (χ0n) is 15.5. The summed E-state index contributed by atoms with van der Waals surface area (Å²) in [5.74, 6) is 0.576. The van der Waals surface area contributed by atoms with Gasteiger partial charge in [0.2, 0.25) is 0 Å². The second-order valence-corrected chi connectivity index (χ2v) is 6.95. The molecule has 0 bridgehead atoms. The van der Waals surface area contributed by atoms with Crippen LogP contribution < -0.4 is 10.1 Å². The first-order chi connectivity index (χ1) is 12.4. The van der Waals surface area contributed by atoms with Gasteiger partial charge >= 0.3 is 5.97 Å². The quantitative estimate of drug-likeness (QED) is 0.790. The molecule has 2 rings (SSSR count). The maximum atomic E-state index is 12.1. The SMILES string of the molecule is C[C@H]1[C@@H](NC(=O)COC(=O)[C@@H](C)Oc2ccc(C#N)cc2)CCC[C@@H]1C. The molecule has 26 heavy (non-hydrogen) atoms. The van der Waals surface area contributed by atoms with E-state index in [4.69, 9.17) is 14.7 Å². The Kier molecular flexibility index (Phi) is 7.02. The Hall–Kier alpha value is -2.55. The van der Waals surface area contributed by atoms with Crippen LogP contribution in [-0.4, -0.2) is 30.6 Å². The number of nitrogens with one attached hydrogen (secondary N) is 1. The van der Waals surface area contributed by atoms with E-state index < -0.39 is 12.1 Å². The number of esters is 1. The second kappa shape index (κ2) is 9.23. The van der Waals surface area contributed by atoms with Gasteiger partial charge in [-0.2, -0.15) is 5.26 Å². The lowest BCUT2D eigenvalue weighted by Gasteiger charge is -2.34. The Morgan fingerprint density at radius 2 is 1.96 bits per heavy atom. The van der Waals surface area contributed by atoms with E-state index in [1.54, 1.807) is 31.2 Å². The van der Waals surface area contributed by atoms with Gasteiger partial charge in [-0.25, -0.2) is 4.79 Å². The molecule has 6 nitrogen and oxygen atoms in total. The zero-order chi connectivity index (χ0) is 19.1. The molecule has 0 aromatic heterocycles. The van der Waals surface area contributed by atoms with Crippen LogP contribution in [0, 0.1) is 23.2 Å². The number of hydrogen-bond donors (Lipinski definition) is 1. The van der Waals surface area contributed by atoms with Crippen molar-refractivity contribution in [2.75, 3.05) is 6.61 Å². The van der Waals surface area contributed by atoms with E-state index in [-0.39, 0.29) is 18.6 Å². The molecule has 0 heterocycles. The molecule has 1 N–H and O–H groups in total. The molecule has 1 saturated carbocycles. The van der Waals surface area contributed by atoms with Gasteiger partial charge in [-0.15, -0.1) is 0 Å². The molecule has 0 radical (unpaired) electrons. The highest BCUT2D eigenvalue weighted by Gasteiger charge is 2.28. The van der Waals surface area contributed by atoms with Crippen LogP contribution >= 0.6 is 0 Å². The Bertz CT molecular complexity index is 665. The fraction of sp³-hybridized carbons (Fsp3) is 0.550. The number of carbonyl (C=O) groups excluding carboxylic acids is 2. The van der Waals surface area contributed by atoms with Crippen molar-refractivity contribution in [3.05, 3.63) is 29.8 Å². The van der Waals surface area contributed by atoms with Gasteiger partial charge in [0.25, 0.3) is 5.91 Å². The maximum Gasteiger partial charge on any atom is 0.347 e. The smallest absolute Gasteiger partial charge is 0.347 e. The van der Waals surface area contributed by atoms with Crippen LogP contribution in [0.25, 0.3) is 0 Å². The van der Waals surface area contributed by atoms with E-state index in [9.17, 15) is 9.59 Å². The third kappa shape index (κ3) is 5.48. The first kappa shape index (κ1) is 19.8. The molecule has 1 aromatic carbocycles. The van der Waals surface area contributed by atoms with Crippen LogP contribution in [0.2, 0.25) is 0 Å². The lowest BCUT2D eigenvalue weighted by Crippen LogP contribution is -2.45. The number of nitriles is 1. The number of amides is 1. The van der Waals surface area contributed by atoms with Crippen LogP contribution in [0.1, 0.15) is 45.6 Å². The van der Waals surface area contributed by atoms with E-state index in [0.29, 0.717) is 23.1 Å². The molecule has 140 valence electrons. The van der Waals surface area contributed by atoms with Crippen LogP contribution in [0.15, 0.2) is 24.3 Å². The van der Waals surface area contributed by atoms with Gasteiger partial charge < -0.3 is 14.8 Å². The molecular formula is C20H26N2O4. The molecule has 0 spiro atoms. The van der Waals surface area contributed by atoms with E-state index in [0.717, 1.165) is 12.8 Å². The third-order valence-corrected chi connectivity index (χ3v) is 5.03. The first-order valence-electron chi connectivity index (χ1n) is 9.03. The number of nitrogens with zero attached hydrogens (tertiary/aromatic N) is 1. The number of carbonyl (C=O) groups is 2. The van der Waals surface area contributed by atoms with Crippen molar-refractivity contribution >= 4 is 11.9 Å². The van der Waals surface area contributed by atoms with Crippen molar-refractivity contribution in [3.8, 4) is 11.8 Å². The van der Waals surface area contributed by atoms with E-state index in [1.807, 2.05) is 6.07 Å². The highest BCUT2D eigenvalue weighted by molar-refractivity contribution is 5.82. The first-order valence-corrected chi connectivity index (χ1v) is 9.03. The molecule has 1 aliphatic rings. The highest BCUT2D eigenvalue weighted by atomic mass is 16.6. The predicted octanol–water partition coefficient (Wildman–Crippen LogP) is 2.81. The Morgan fingerprint density at radius 1 is 1.27 bits per heavy atom. The topological polar surface area (TPSA) is 88.4 Å². The average molecular weight is 358 g/mol. The van der Waals surface area contributed by atoms with Gasteiger partial charge in [0, 0.05) is 6.04 Å². The molecule has 1 amide bonds. The second-order valence-electron chi connectivity index (χ2n) is 6.95. The standard InChI is InChI=1S/C20H26N2O4/c1-13-5-4-6-18(14(13)2)22-19(23)12-25-20(24)15(3)26-17-9-7-16(11-21)8-10-17/h7-10,13-15,18H,4-6,12H2,1-3H3,(H,22,23)/t13-,14+,15+,18-/m0/s1. The molecule has 1 aliphatic carbocycles. The van der Waals surface area contributed by atoms with Gasteiger partial charge in [0.05, 0.1) is 11.6 Å². The van der Waals surface area contributed by atoms with Crippen molar-refractivity contribution in [2.24, 2.45) is 11.8 Å². The van der Waals surface area contributed by atoms with E-state index in [1.165, 1.54) is 6.42 Å². The number of hydrogen-bond acceptors (Lipinski definition) is 5. The average Bonchev–Trinajstić information content (AvgIpc) is 2.64. The molecule has 0 aliphatic heterocycles. The molecular weight excluding hydrogens is 332 g/mol. The molecule has 0 saturated heterocycles. The summed E-state index contributed by atoms with van der Waals surface area (Å²) in [6.07, 6.45) is 2.41. The Labute approximate surface area is 154 Å². The summed E-state index contributed by atoms with van der Waals surface area (Å²) in [5.41, 5.74) is 0.510. The van der Waals surface area contributed by atoms with Crippen molar-refractivity contribution in [3.63, 3.8) is 0 Å². The number of benzene rings is 1. The summed E-state index contributed by atoms with van der Waals surface area (Å²) in [5, 5.41) is 11.7. The number of rotatable bonds is 6. The fourth-order valence-electron chi connectivity index (χ4n) is 3.15. The van der Waals surface area contributed by atoms with Crippen LogP contribution in [0.4, 0.5) is 0 Å².